The van der Waals surface area contributed by atoms with Gasteiger partial charge in [0.05, 0.1) is 11.3 Å². The van der Waals surface area contributed by atoms with Crippen molar-refractivity contribution in [1.29, 1.82) is 0 Å². The summed E-state index contributed by atoms with van der Waals surface area (Å²) < 4.78 is 0. The number of nitrogens with one attached hydrogen (secondary N) is 1. The molecule has 2 amide bonds. The van der Waals surface area contributed by atoms with E-state index < -0.39 is 0 Å². The van der Waals surface area contributed by atoms with Crippen molar-refractivity contribution in [1.82, 2.24) is 5.32 Å². The summed E-state index contributed by atoms with van der Waals surface area (Å²) in [6, 6.07) is 15.5. The molecule has 0 radical (unpaired) electrons. The van der Waals surface area contributed by atoms with Crippen LogP contribution in [0.25, 0.3) is 0 Å². The first-order chi connectivity index (χ1) is 13.7. The Hall–Kier alpha value is -2.31. The van der Waals surface area contributed by atoms with Crippen molar-refractivity contribution in [3.63, 3.8) is 0 Å². The minimum atomic E-state index is -0.107. The number of thioether (sulfide) groups is 1. The normalized spacial score (nSPS) is 16.5. The molecule has 5 nitrogen and oxygen atoms in total. The molecule has 146 valence electrons. The number of nitrogens with two attached hydrogens (primary N) is 1. The monoisotopic (exact) mass is 395 g/mol. The van der Waals surface area contributed by atoms with Crippen LogP contribution in [0.5, 0.6) is 0 Å². The van der Waals surface area contributed by atoms with Crippen LogP contribution in [0.1, 0.15) is 28.8 Å². The Kier molecular flexibility index (Phi) is 5.69. The van der Waals surface area contributed by atoms with Crippen molar-refractivity contribution in [2.75, 3.05) is 23.7 Å². The van der Waals surface area contributed by atoms with E-state index >= 15 is 0 Å². The summed E-state index contributed by atoms with van der Waals surface area (Å²) in [7, 11) is 0. The van der Waals surface area contributed by atoms with E-state index in [0.29, 0.717) is 23.8 Å². The van der Waals surface area contributed by atoms with Gasteiger partial charge >= 0.3 is 0 Å². The number of nitrogens with zero attached hydrogens (tertiary/aromatic N) is 1. The molecule has 2 aromatic rings. The van der Waals surface area contributed by atoms with Crippen LogP contribution in [0.2, 0.25) is 0 Å². The van der Waals surface area contributed by atoms with E-state index in [1.54, 1.807) is 0 Å². The average molecular weight is 396 g/mol. The number of carbonyl (C=O) groups is 2. The molecule has 1 fully saturated rings. The van der Waals surface area contributed by atoms with Crippen LogP contribution in [-0.2, 0) is 11.2 Å². The van der Waals surface area contributed by atoms with Gasteiger partial charge in [-0.15, -0.1) is 11.8 Å². The van der Waals surface area contributed by atoms with Gasteiger partial charge in [-0.1, -0.05) is 30.3 Å². The van der Waals surface area contributed by atoms with Crippen molar-refractivity contribution in [2.45, 2.75) is 30.2 Å². The fourth-order valence-corrected chi connectivity index (χ4v) is 4.63. The third kappa shape index (κ3) is 4.08. The summed E-state index contributed by atoms with van der Waals surface area (Å²) in [6.07, 6.45) is 3.15. The number of para-hydroxylation sites is 1. The largest absolute Gasteiger partial charge is 0.348 e. The molecule has 4 rings (SSSR count). The Morgan fingerprint density at radius 2 is 1.89 bits per heavy atom. The van der Waals surface area contributed by atoms with E-state index in [1.807, 2.05) is 47.4 Å². The molecule has 28 heavy (non-hydrogen) atoms. The maximum Gasteiger partial charge on any atom is 0.252 e. The molecule has 0 saturated heterocycles. The zero-order chi connectivity index (χ0) is 19.5. The average Bonchev–Trinajstić information content (AvgIpc) is 3.48. The summed E-state index contributed by atoms with van der Waals surface area (Å²) in [5.74, 6) is 0.777. The van der Waals surface area contributed by atoms with Gasteiger partial charge in [0.1, 0.15) is 0 Å². The fraction of sp³-hybridized carbons (Fsp3) is 0.364. The molecule has 3 N–H and O–H groups in total. The van der Waals surface area contributed by atoms with Crippen molar-refractivity contribution in [3.05, 3.63) is 59.7 Å². The number of hydrogen-bond acceptors (Lipinski definition) is 4. The minimum Gasteiger partial charge on any atom is -0.348 e. The molecule has 1 aliphatic heterocycles. The first kappa shape index (κ1) is 19.0. The number of carbonyl (C=O) groups excluding carboxylic acids is 2. The lowest BCUT2D eigenvalue weighted by atomic mass is 10.1. The number of fused-ring (bicyclic) bond motifs is 1. The van der Waals surface area contributed by atoms with E-state index in [-0.39, 0.29) is 17.9 Å². The molecule has 2 aliphatic rings. The number of anilines is 1. The maximum atomic E-state index is 12.8. The number of rotatable bonds is 7. The highest BCUT2D eigenvalue weighted by molar-refractivity contribution is 8.00. The van der Waals surface area contributed by atoms with Crippen LogP contribution in [0, 0.1) is 5.92 Å². The molecule has 0 spiro atoms. The molecule has 1 atom stereocenters. The van der Waals surface area contributed by atoms with Crippen LogP contribution < -0.4 is 16.0 Å². The van der Waals surface area contributed by atoms with E-state index in [2.05, 4.69) is 11.4 Å². The van der Waals surface area contributed by atoms with Crippen LogP contribution in [0.4, 0.5) is 5.69 Å². The van der Waals surface area contributed by atoms with Crippen molar-refractivity contribution in [3.8, 4) is 0 Å². The summed E-state index contributed by atoms with van der Waals surface area (Å²) in [5.41, 5.74) is 8.65. The Morgan fingerprint density at radius 3 is 2.68 bits per heavy atom. The van der Waals surface area contributed by atoms with Crippen LogP contribution in [-0.4, -0.2) is 36.7 Å². The Morgan fingerprint density at radius 1 is 1.14 bits per heavy atom. The predicted octanol–water partition coefficient (Wildman–Crippen LogP) is 2.84. The van der Waals surface area contributed by atoms with Gasteiger partial charge in [0, 0.05) is 29.7 Å². The van der Waals surface area contributed by atoms with Gasteiger partial charge in [-0.2, -0.15) is 0 Å². The van der Waals surface area contributed by atoms with Crippen molar-refractivity contribution >= 4 is 29.3 Å². The third-order valence-electron chi connectivity index (χ3n) is 5.43. The second kappa shape index (κ2) is 8.37. The highest BCUT2D eigenvalue weighted by Crippen LogP contribution is 2.33. The topological polar surface area (TPSA) is 75.4 Å². The molecule has 1 heterocycles. The molecule has 2 aromatic carbocycles. The highest BCUT2D eigenvalue weighted by atomic mass is 32.2. The zero-order valence-corrected chi connectivity index (χ0v) is 16.6. The van der Waals surface area contributed by atoms with Gasteiger partial charge < -0.3 is 16.0 Å². The summed E-state index contributed by atoms with van der Waals surface area (Å²) >= 11 is 1.42. The molecule has 6 heteroatoms. The summed E-state index contributed by atoms with van der Waals surface area (Å²) in [4.78, 5) is 28.2. The quantitative estimate of drug-likeness (QED) is 0.707. The van der Waals surface area contributed by atoms with Crippen molar-refractivity contribution < 1.29 is 9.59 Å². The lowest BCUT2D eigenvalue weighted by Gasteiger charge is -2.19. The van der Waals surface area contributed by atoms with E-state index in [0.717, 1.165) is 36.4 Å². The Labute approximate surface area is 169 Å². The number of hydrogen-bond donors (Lipinski definition) is 2. The standard InChI is InChI=1S/C22H25N3O2S/c23-13-18(15-9-10-15)24-22(27)17-6-2-4-8-20(17)28-14-21(26)25-12-11-16-5-1-3-7-19(16)25/h1-8,15,18H,9-14,23H2,(H,24,27). The number of amides is 2. The van der Waals surface area contributed by atoms with Gasteiger partial charge in [-0.3, -0.25) is 9.59 Å². The van der Waals surface area contributed by atoms with Crippen LogP contribution >= 0.6 is 11.8 Å². The molecular formula is C22H25N3O2S. The SMILES string of the molecule is NCC(NC(=O)c1ccccc1SCC(=O)N1CCc2ccccc21)C1CC1. The molecule has 1 saturated carbocycles. The zero-order valence-electron chi connectivity index (χ0n) is 15.8. The molecule has 0 bridgehead atoms. The molecule has 1 aliphatic carbocycles. The van der Waals surface area contributed by atoms with Gasteiger partial charge in [-0.05, 0) is 48.9 Å². The van der Waals surface area contributed by atoms with E-state index in [1.165, 1.54) is 17.3 Å². The highest BCUT2D eigenvalue weighted by Gasteiger charge is 2.32. The van der Waals surface area contributed by atoms with Gasteiger partial charge in [0.25, 0.3) is 5.91 Å². The first-order valence-electron chi connectivity index (χ1n) is 9.78. The lowest BCUT2D eigenvalue weighted by Crippen LogP contribution is -2.41. The van der Waals surface area contributed by atoms with E-state index in [4.69, 9.17) is 5.73 Å². The van der Waals surface area contributed by atoms with Gasteiger partial charge in [-0.25, -0.2) is 0 Å². The molecule has 1 unspecified atom stereocenters. The predicted molar refractivity (Wildman–Crippen MR) is 113 cm³/mol. The smallest absolute Gasteiger partial charge is 0.252 e. The minimum absolute atomic E-state index is 0.0355. The first-order valence-corrected chi connectivity index (χ1v) is 10.8. The Bertz CT molecular complexity index is 882. The number of benzene rings is 2. The second-order valence-corrected chi connectivity index (χ2v) is 8.38. The van der Waals surface area contributed by atoms with E-state index in [9.17, 15) is 9.59 Å². The molecular weight excluding hydrogens is 370 g/mol. The maximum absolute atomic E-state index is 12.8. The molecule has 0 aromatic heterocycles. The van der Waals surface area contributed by atoms with Gasteiger partial charge in [0.2, 0.25) is 5.91 Å². The van der Waals surface area contributed by atoms with Gasteiger partial charge in [0.15, 0.2) is 0 Å². The fourth-order valence-electron chi connectivity index (χ4n) is 3.71. The van der Waals surface area contributed by atoms with Crippen LogP contribution in [0.15, 0.2) is 53.4 Å². The second-order valence-electron chi connectivity index (χ2n) is 7.36. The van der Waals surface area contributed by atoms with Crippen molar-refractivity contribution in [2.24, 2.45) is 11.7 Å². The summed E-state index contributed by atoms with van der Waals surface area (Å²) in [5, 5.41) is 3.07. The Balaban J connectivity index is 1.41. The third-order valence-corrected chi connectivity index (χ3v) is 6.49. The lowest BCUT2D eigenvalue weighted by molar-refractivity contribution is -0.116. The summed E-state index contributed by atoms with van der Waals surface area (Å²) in [6.45, 7) is 1.18. The van der Waals surface area contributed by atoms with Crippen LogP contribution in [0.3, 0.4) is 0 Å².